The number of hydrogen-bond donors (Lipinski definition) is 1. The number of rotatable bonds is 4. The average Bonchev–Trinajstić information content (AvgIpc) is 3.31. The van der Waals surface area contributed by atoms with E-state index in [1.807, 2.05) is 6.92 Å². The number of anilines is 1. The molecule has 1 unspecified atom stereocenters. The summed E-state index contributed by atoms with van der Waals surface area (Å²) in [6.07, 6.45) is 0.628. The molecular formula is C21H15ClFN3O3S. The molecule has 2 heterocycles. The molecule has 1 saturated heterocycles. The van der Waals surface area contributed by atoms with Gasteiger partial charge in [0.2, 0.25) is 5.13 Å². The molecule has 152 valence electrons. The maximum atomic E-state index is 13.3. The zero-order valence-electron chi connectivity index (χ0n) is 15.7. The highest BCUT2D eigenvalue weighted by atomic mass is 35.5. The van der Waals surface area contributed by atoms with Crippen LogP contribution in [0, 0.1) is 5.82 Å². The second-order valence-electron chi connectivity index (χ2n) is 6.56. The molecule has 1 aliphatic rings. The van der Waals surface area contributed by atoms with E-state index in [1.54, 1.807) is 24.3 Å². The fourth-order valence-electron chi connectivity index (χ4n) is 3.24. The number of nitrogens with zero attached hydrogens (tertiary/aromatic N) is 3. The molecule has 1 amide bonds. The first-order valence-corrected chi connectivity index (χ1v) is 10.2. The van der Waals surface area contributed by atoms with E-state index in [9.17, 15) is 19.1 Å². The van der Waals surface area contributed by atoms with Crippen molar-refractivity contribution in [2.75, 3.05) is 4.90 Å². The van der Waals surface area contributed by atoms with Gasteiger partial charge < -0.3 is 5.11 Å². The van der Waals surface area contributed by atoms with Gasteiger partial charge in [0.1, 0.15) is 16.6 Å². The third-order valence-corrected chi connectivity index (χ3v) is 6.03. The number of aromatic nitrogens is 2. The lowest BCUT2D eigenvalue weighted by atomic mass is 9.95. The van der Waals surface area contributed by atoms with Gasteiger partial charge in [-0.2, -0.15) is 0 Å². The van der Waals surface area contributed by atoms with Crippen LogP contribution in [0.2, 0.25) is 5.02 Å². The number of carbonyl (C=O) groups excluding carboxylic acids is 2. The molecule has 1 N–H and O–H groups in total. The van der Waals surface area contributed by atoms with Crippen LogP contribution in [0.15, 0.2) is 54.1 Å². The molecule has 30 heavy (non-hydrogen) atoms. The summed E-state index contributed by atoms with van der Waals surface area (Å²) in [6.45, 7) is 1.91. The third kappa shape index (κ3) is 3.48. The third-order valence-electron chi connectivity index (χ3n) is 4.71. The number of halogens is 2. The van der Waals surface area contributed by atoms with Crippen molar-refractivity contribution >= 4 is 45.5 Å². The largest absolute Gasteiger partial charge is 0.507 e. The molecule has 4 rings (SSSR count). The van der Waals surface area contributed by atoms with Gasteiger partial charge in [-0.05, 0) is 48.4 Å². The Hall–Kier alpha value is -3.10. The second kappa shape index (κ2) is 7.97. The van der Waals surface area contributed by atoms with Crippen LogP contribution >= 0.6 is 22.9 Å². The number of aliphatic hydroxyl groups excluding tert-OH is 1. The van der Waals surface area contributed by atoms with Crippen LogP contribution in [0.3, 0.4) is 0 Å². The van der Waals surface area contributed by atoms with E-state index >= 15 is 0 Å². The van der Waals surface area contributed by atoms with Crippen molar-refractivity contribution in [3.05, 3.63) is 81.1 Å². The van der Waals surface area contributed by atoms with Crippen LogP contribution in [0.4, 0.5) is 9.52 Å². The normalized spacial score (nSPS) is 18.2. The molecule has 1 fully saturated rings. The summed E-state index contributed by atoms with van der Waals surface area (Å²) >= 11 is 7.20. The molecule has 0 bridgehead atoms. The quantitative estimate of drug-likeness (QED) is 0.364. The number of ketones is 1. The van der Waals surface area contributed by atoms with Gasteiger partial charge in [-0.25, -0.2) is 4.39 Å². The molecule has 1 aromatic heterocycles. The number of hydrogen-bond acceptors (Lipinski definition) is 6. The van der Waals surface area contributed by atoms with E-state index < -0.39 is 29.3 Å². The summed E-state index contributed by atoms with van der Waals surface area (Å²) in [5, 5.41) is 20.5. The van der Waals surface area contributed by atoms with Gasteiger partial charge in [-0.15, -0.1) is 10.2 Å². The smallest absolute Gasteiger partial charge is 0.301 e. The Bertz CT molecular complexity index is 1160. The lowest BCUT2D eigenvalue weighted by Gasteiger charge is -2.22. The van der Waals surface area contributed by atoms with E-state index in [0.717, 1.165) is 0 Å². The number of aryl methyl sites for hydroxylation is 1. The Morgan fingerprint density at radius 1 is 1.13 bits per heavy atom. The Morgan fingerprint density at radius 2 is 1.80 bits per heavy atom. The summed E-state index contributed by atoms with van der Waals surface area (Å²) in [5.41, 5.74) is 0.678. The lowest BCUT2D eigenvalue weighted by Crippen LogP contribution is -2.29. The predicted molar refractivity (Wildman–Crippen MR) is 112 cm³/mol. The highest BCUT2D eigenvalue weighted by molar-refractivity contribution is 7.15. The van der Waals surface area contributed by atoms with Gasteiger partial charge in [0.25, 0.3) is 5.78 Å². The Labute approximate surface area is 180 Å². The highest BCUT2D eigenvalue weighted by Crippen LogP contribution is 2.43. The molecule has 0 saturated carbocycles. The topological polar surface area (TPSA) is 83.4 Å². The Morgan fingerprint density at radius 3 is 2.40 bits per heavy atom. The van der Waals surface area contributed by atoms with Crippen LogP contribution in [-0.2, 0) is 16.0 Å². The number of benzene rings is 2. The summed E-state index contributed by atoms with van der Waals surface area (Å²) in [4.78, 5) is 27.1. The van der Waals surface area contributed by atoms with Crippen molar-refractivity contribution in [2.45, 2.75) is 19.4 Å². The molecule has 3 aromatic rings. The predicted octanol–water partition coefficient (Wildman–Crippen LogP) is 4.52. The van der Waals surface area contributed by atoms with Gasteiger partial charge in [-0.3, -0.25) is 14.5 Å². The van der Waals surface area contributed by atoms with Crippen molar-refractivity contribution in [3.8, 4) is 0 Å². The first kappa shape index (κ1) is 20.2. The van der Waals surface area contributed by atoms with E-state index in [1.165, 1.54) is 40.5 Å². The molecule has 0 spiro atoms. The fraction of sp³-hybridized carbons (Fsp3) is 0.143. The SMILES string of the molecule is CCc1nnc(N2C(=O)C(=O)/C(=C(/O)c3ccc(F)cc3)C2c2ccc(Cl)cc2)s1. The molecule has 9 heteroatoms. The van der Waals surface area contributed by atoms with Crippen LogP contribution in [-0.4, -0.2) is 27.0 Å². The second-order valence-corrected chi connectivity index (χ2v) is 8.04. The van der Waals surface area contributed by atoms with Crippen LogP contribution < -0.4 is 4.90 Å². The zero-order valence-corrected chi connectivity index (χ0v) is 17.2. The highest BCUT2D eigenvalue weighted by Gasteiger charge is 2.48. The number of Topliss-reactive ketones (excluding diaryl/α,β-unsaturated/α-hetero) is 1. The number of amides is 1. The Balaban J connectivity index is 1.92. The van der Waals surface area contributed by atoms with Crippen molar-refractivity contribution < 1.29 is 19.1 Å². The molecular weight excluding hydrogens is 429 g/mol. The van der Waals surface area contributed by atoms with Crippen molar-refractivity contribution in [1.29, 1.82) is 0 Å². The molecule has 2 aromatic carbocycles. The monoisotopic (exact) mass is 443 g/mol. The molecule has 1 aliphatic heterocycles. The summed E-state index contributed by atoms with van der Waals surface area (Å²) < 4.78 is 13.3. The van der Waals surface area contributed by atoms with Gasteiger partial charge in [-0.1, -0.05) is 42.0 Å². The van der Waals surface area contributed by atoms with E-state index in [0.29, 0.717) is 22.0 Å². The van der Waals surface area contributed by atoms with Gasteiger partial charge in [0, 0.05) is 10.6 Å². The average molecular weight is 444 g/mol. The standard InChI is InChI=1S/C21H15ClFN3O3S/c1-2-15-24-25-21(30-15)26-17(11-3-7-13(22)8-4-11)16(19(28)20(26)29)18(27)12-5-9-14(23)10-6-12/h3-10,17,27H,2H2,1H3/b18-16+. The van der Waals surface area contributed by atoms with Crippen molar-refractivity contribution in [2.24, 2.45) is 0 Å². The Kier molecular flexibility index (Phi) is 5.36. The minimum absolute atomic E-state index is 0.109. The maximum absolute atomic E-state index is 13.3. The van der Waals surface area contributed by atoms with Crippen LogP contribution in [0.25, 0.3) is 5.76 Å². The van der Waals surface area contributed by atoms with Crippen LogP contribution in [0.1, 0.15) is 29.1 Å². The summed E-state index contributed by atoms with van der Waals surface area (Å²) in [6, 6.07) is 10.7. The fourth-order valence-corrected chi connectivity index (χ4v) is 4.17. The molecule has 0 radical (unpaired) electrons. The van der Waals surface area contributed by atoms with Gasteiger partial charge >= 0.3 is 5.91 Å². The number of carbonyl (C=O) groups is 2. The summed E-state index contributed by atoms with van der Waals surface area (Å²) in [5.74, 6) is -2.55. The van der Waals surface area contributed by atoms with E-state index in [2.05, 4.69) is 10.2 Å². The van der Waals surface area contributed by atoms with Crippen LogP contribution in [0.5, 0.6) is 0 Å². The van der Waals surface area contributed by atoms with E-state index in [-0.39, 0.29) is 16.3 Å². The van der Waals surface area contributed by atoms with E-state index in [4.69, 9.17) is 11.6 Å². The minimum Gasteiger partial charge on any atom is -0.507 e. The maximum Gasteiger partial charge on any atom is 0.301 e. The lowest BCUT2D eigenvalue weighted by molar-refractivity contribution is -0.132. The minimum atomic E-state index is -0.926. The molecule has 6 nitrogen and oxygen atoms in total. The summed E-state index contributed by atoms with van der Waals surface area (Å²) in [7, 11) is 0. The molecule has 1 atom stereocenters. The zero-order chi connectivity index (χ0) is 21.4. The first-order valence-electron chi connectivity index (χ1n) is 9.05. The van der Waals surface area contributed by atoms with Crippen molar-refractivity contribution in [3.63, 3.8) is 0 Å². The van der Waals surface area contributed by atoms with Crippen molar-refractivity contribution in [1.82, 2.24) is 10.2 Å². The van der Waals surface area contributed by atoms with Gasteiger partial charge in [0.15, 0.2) is 0 Å². The first-order chi connectivity index (χ1) is 14.4. The number of aliphatic hydroxyl groups is 1. The van der Waals surface area contributed by atoms with Gasteiger partial charge in [0.05, 0.1) is 11.6 Å². The molecule has 0 aliphatic carbocycles.